The molecule has 1 aliphatic carbocycles. The van der Waals surface area contributed by atoms with E-state index in [0.29, 0.717) is 19.0 Å². The minimum Gasteiger partial charge on any atom is -0.353 e. The van der Waals surface area contributed by atoms with Crippen molar-refractivity contribution < 1.29 is 4.79 Å². The summed E-state index contributed by atoms with van der Waals surface area (Å²) >= 11 is 1.57. The molecule has 0 bridgehead atoms. The molecular formula is C11H20ClN5OS. The molecule has 1 aromatic rings. The molecule has 2 rings (SSSR count). The number of hydrogen-bond acceptors (Lipinski definition) is 5. The van der Waals surface area contributed by atoms with Crippen LogP contribution in [0, 0.1) is 0 Å². The van der Waals surface area contributed by atoms with Gasteiger partial charge in [-0.1, -0.05) is 11.8 Å². The summed E-state index contributed by atoms with van der Waals surface area (Å²) in [6.07, 6.45) is 2.81. The van der Waals surface area contributed by atoms with Crippen molar-refractivity contribution in [3.8, 4) is 0 Å². The number of nitrogens with one attached hydrogen (secondary N) is 2. The van der Waals surface area contributed by atoms with Crippen LogP contribution >= 0.6 is 24.2 Å². The van der Waals surface area contributed by atoms with Crippen LogP contribution in [0.25, 0.3) is 0 Å². The minimum atomic E-state index is 0. The van der Waals surface area contributed by atoms with E-state index in [4.69, 9.17) is 0 Å². The predicted octanol–water partition coefficient (Wildman–Crippen LogP) is 0.717. The van der Waals surface area contributed by atoms with E-state index >= 15 is 0 Å². The molecule has 1 amide bonds. The summed E-state index contributed by atoms with van der Waals surface area (Å²) in [7, 11) is 3.82. The van der Waals surface area contributed by atoms with Crippen molar-refractivity contribution in [1.29, 1.82) is 0 Å². The van der Waals surface area contributed by atoms with Crippen molar-refractivity contribution in [3.63, 3.8) is 0 Å². The van der Waals surface area contributed by atoms with Crippen LogP contribution in [0.4, 0.5) is 0 Å². The lowest BCUT2D eigenvalue weighted by atomic mass is 10.4. The van der Waals surface area contributed by atoms with Gasteiger partial charge in [0.2, 0.25) is 5.91 Å². The Hall–Kier alpha value is -0.790. The smallest absolute Gasteiger partial charge is 0.221 e. The molecule has 0 radical (unpaired) electrons. The molecule has 2 N–H and O–H groups in total. The number of nitrogens with zero attached hydrogens (tertiary/aromatic N) is 3. The molecule has 1 aromatic heterocycles. The quantitative estimate of drug-likeness (QED) is 0.726. The Morgan fingerprint density at radius 3 is 2.84 bits per heavy atom. The van der Waals surface area contributed by atoms with Gasteiger partial charge in [-0.05, 0) is 19.9 Å². The third-order valence-electron chi connectivity index (χ3n) is 2.76. The average Bonchev–Trinajstić information content (AvgIpc) is 3.08. The van der Waals surface area contributed by atoms with Crippen LogP contribution in [0.5, 0.6) is 0 Å². The van der Waals surface area contributed by atoms with E-state index in [1.807, 2.05) is 18.7 Å². The first kappa shape index (κ1) is 16.3. The number of hydrogen-bond donors (Lipinski definition) is 2. The van der Waals surface area contributed by atoms with Gasteiger partial charge in [-0.3, -0.25) is 4.79 Å². The van der Waals surface area contributed by atoms with E-state index in [-0.39, 0.29) is 18.3 Å². The fourth-order valence-electron chi connectivity index (χ4n) is 1.55. The normalized spacial score (nSPS) is 14.0. The van der Waals surface area contributed by atoms with E-state index in [9.17, 15) is 4.79 Å². The first-order chi connectivity index (χ1) is 8.70. The topological polar surface area (TPSA) is 71.8 Å². The van der Waals surface area contributed by atoms with Gasteiger partial charge < -0.3 is 15.2 Å². The number of amides is 1. The lowest BCUT2D eigenvalue weighted by molar-refractivity contribution is -0.120. The molecular weight excluding hydrogens is 286 g/mol. The van der Waals surface area contributed by atoms with Crippen LogP contribution in [0.1, 0.15) is 25.1 Å². The Balaban J connectivity index is 0.00000180. The molecule has 1 saturated carbocycles. The summed E-state index contributed by atoms with van der Waals surface area (Å²) in [5.41, 5.74) is 0. The molecule has 1 heterocycles. The summed E-state index contributed by atoms with van der Waals surface area (Å²) in [5.74, 6) is 1.79. The third-order valence-corrected chi connectivity index (χ3v) is 3.78. The van der Waals surface area contributed by atoms with Gasteiger partial charge in [0.25, 0.3) is 0 Å². The highest BCUT2D eigenvalue weighted by atomic mass is 35.5. The number of carbonyl (C=O) groups excluding carboxylic acids is 1. The van der Waals surface area contributed by atoms with Gasteiger partial charge in [0.05, 0.1) is 6.54 Å². The summed E-state index contributed by atoms with van der Waals surface area (Å²) in [6, 6.07) is 0.444. The summed E-state index contributed by atoms with van der Waals surface area (Å²) < 4.78 is 1.96. The van der Waals surface area contributed by atoms with Crippen LogP contribution in [-0.4, -0.2) is 39.5 Å². The zero-order chi connectivity index (χ0) is 13.0. The molecule has 6 nitrogen and oxygen atoms in total. The van der Waals surface area contributed by atoms with Crippen molar-refractivity contribution in [2.24, 2.45) is 7.05 Å². The molecule has 0 aliphatic heterocycles. The Bertz CT molecular complexity index is 421. The molecule has 0 spiro atoms. The number of thioether (sulfide) groups is 1. The number of aromatic nitrogens is 3. The van der Waals surface area contributed by atoms with Crippen molar-refractivity contribution in [2.45, 2.75) is 37.0 Å². The molecule has 0 aromatic carbocycles. The van der Waals surface area contributed by atoms with Crippen LogP contribution in [0.15, 0.2) is 5.16 Å². The second-order valence-corrected chi connectivity index (χ2v) is 5.49. The summed E-state index contributed by atoms with van der Waals surface area (Å²) in [5, 5.41) is 15.1. The Labute approximate surface area is 123 Å². The number of rotatable bonds is 7. The fourth-order valence-corrected chi connectivity index (χ4v) is 2.41. The van der Waals surface area contributed by atoms with Crippen molar-refractivity contribution in [1.82, 2.24) is 25.4 Å². The highest BCUT2D eigenvalue weighted by Gasteiger charge is 2.22. The lowest BCUT2D eigenvalue weighted by Gasteiger charge is -2.04. The van der Waals surface area contributed by atoms with E-state index in [2.05, 4.69) is 20.8 Å². The van der Waals surface area contributed by atoms with Crippen molar-refractivity contribution in [2.75, 3.05) is 12.8 Å². The van der Waals surface area contributed by atoms with Crippen molar-refractivity contribution in [3.05, 3.63) is 5.82 Å². The van der Waals surface area contributed by atoms with Gasteiger partial charge >= 0.3 is 0 Å². The zero-order valence-corrected chi connectivity index (χ0v) is 12.8. The van der Waals surface area contributed by atoms with Crippen molar-refractivity contribution >= 4 is 30.1 Å². The molecule has 1 fully saturated rings. The van der Waals surface area contributed by atoms with E-state index in [1.165, 1.54) is 0 Å². The van der Waals surface area contributed by atoms with Crippen LogP contribution in [-0.2, 0) is 18.4 Å². The minimum absolute atomic E-state index is 0. The molecule has 8 heteroatoms. The summed E-state index contributed by atoms with van der Waals surface area (Å²) in [6.45, 7) is 0.701. The largest absolute Gasteiger partial charge is 0.353 e. The lowest BCUT2D eigenvalue weighted by Crippen LogP contribution is -2.25. The SMILES string of the molecule is CNCc1nnc(SCCC(=O)NC2CC2)n1C.Cl. The first-order valence-corrected chi connectivity index (χ1v) is 7.14. The van der Waals surface area contributed by atoms with E-state index < -0.39 is 0 Å². The Morgan fingerprint density at radius 2 is 2.21 bits per heavy atom. The molecule has 0 saturated heterocycles. The molecule has 0 unspecified atom stereocenters. The number of halogens is 1. The molecule has 108 valence electrons. The second kappa shape index (κ2) is 7.72. The zero-order valence-electron chi connectivity index (χ0n) is 11.2. The van der Waals surface area contributed by atoms with Gasteiger partial charge in [0.1, 0.15) is 5.82 Å². The highest BCUT2D eigenvalue weighted by Crippen LogP contribution is 2.20. The van der Waals surface area contributed by atoms with Gasteiger partial charge in [-0.25, -0.2) is 0 Å². The molecule has 19 heavy (non-hydrogen) atoms. The highest BCUT2D eigenvalue weighted by molar-refractivity contribution is 7.99. The maximum Gasteiger partial charge on any atom is 0.221 e. The monoisotopic (exact) mass is 305 g/mol. The maximum atomic E-state index is 11.5. The Morgan fingerprint density at radius 1 is 1.47 bits per heavy atom. The van der Waals surface area contributed by atoms with Gasteiger partial charge in [0.15, 0.2) is 5.16 Å². The van der Waals surface area contributed by atoms with Gasteiger partial charge in [-0.15, -0.1) is 22.6 Å². The van der Waals surface area contributed by atoms with Crippen LogP contribution in [0.2, 0.25) is 0 Å². The fraction of sp³-hybridized carbons (Fsp3) is 0.727. The van der Waals surface area contributed by atoms with Gasteiger partial charge in [0, 0.05) is 25.3 Å². The number of carbonyl (C=O) groups is 1. The van der Waals surface area contributed by atoms with Crippen LogP contribution < -0.4 is 10.6 Å². The second-order valence-electron chi connectivity index (χ2n) is 4.43. The van der Waals surface area contributed by atoms with Gasteiger partial charge in [-0.2, -0.15) is 0 Å². The molecule has 1 aliphatic rings. The average molecular weight is 306 g/mol. The van der Waals surface area contributed by atoms with Crippen LogP contribution in [0.3, 0.4) is 0 Å². The third kappa shape index (κ3) is 5.00. The summed E-state index contributed by atoms with van der Waals surface area (Å²) in [4.78, 5) is 11.5. The first-order valence-electron chi connectivity index (χ1n) is 6.15. The molecule has 0 atom stereocenters. The standard InChI is InChI=1S/C11H19N5OS.ClH/c1-12-7-9-14-15-11(16(9)2)18-6-5-10(17)13-8-3-4-8;/h8,12H,3-7H2,1-2H3,(H,13,17);1H. The maximum absolute atomic E-state index is 11.5. The van der Waals surface area contributed by atoms with E-state index in [0.717, 1.165) is 29.6 Å². The predicted molar refractivity (Wildman–Crippen MR) is 77.5 cm³/mol. The Kier molecular flexibility index (Phi) is 6.60. The van der Waals surface area contributed by atoms with E-state index in [1.54, 1.807) is 11.8 Å².